The van der Waals surface area contributed by atoms with Crippen LogP contribution in [0.1, 0.15) is 45.9 Å². The van der Waals surface area contributed by atoms with E-state index in [1.165, 1.54) is 0 Å². The molecule has 6 nitrogen and oxygen atoms in total. The van der Waals surface area contributed by atoms with Crippen LogP contribution < -0.4 is 10.6 Å². The molecule has 1 unspecified atom stereocenters. The van der Waals surface area contributed by atoms with E-state index >= 15 is 0 Å². The van der Waals surface area contributed by atoms with E-state index in [4.69, 9.17) is 0 Å². The summed E-state index contributed by atoms with van der Waals surface area (Å²) in [5.41, 5.74) is 0.631. The van der Waals surface area contributed by atoms with Crippen LogP contribution in [0.5, 0.6) is 0 Å². The van der Waals surface area contributed by atoms with Crippen molar-refractivity contribution in [1.82, 2.24) is 25.6 Å². The van der Waals surface area contributed by atoms with Gasteiger partial charge in [-0.3, -0.25) is 4.79 Å². The lowest BCUT2D eigenvalue weighted by molar-refractivity contribution is -0.125. The highest BCUT2D eigenvalue weighted by Gasteiger charge is 2.23. The van der Waals surface area contributed by atoms with Crippen LogP contribution in [0.4, 0.5) is 0 Å². The van der Waals surface area contributed by atoms with Crippen LogP contribution in [-0.4, -0.2) is 33.5 Å². The Morgan fingerprint density at radius 3 is 2.78 bits per heavy atom. The number of nitrogens with zero attached hydrogens (tertiary/aromatic N) is 3. The molecule has 0 aliphatic rings. The molecule has 0 saturated carbocycles. The topological polar surface area (TPSA) is 71.8 Å². The maximum atomic E-state index is 12.1. The third kappa shape index (κ3) is 3.80. The fourth-order valence-corrected chi connectivity index (χ4v) is 1.41. The van der Waals surface area contributed by atoms with Gasteiger partial charge in [-0.1, -0.05) is 12.1 Å². The Morgan fingerprint density at radius 1 is 1.56 bits per heavy atom. The van der Waals surface area contributed by atoms with Gasteiger partial charge >= 0.3 is 0 Å². The second-order valence-corrected chi connectivity index (χ2v) is 5.12. The van der Waals surface area contributed by atoms with Crippen molar-refractivity contribution in [2.45, 2.75) is 52.2 Å². The van der Waals surface area contributed by atoms with Gasteiger partial charge in [0.15, 0.2) is 0 Å². The number of amides is 1. The molecule has 1 aromatic rings. The van der Waals surface area contributed by atoms with Crippen molar-refractivity contribution in [2.24, 2.45) is 0 Å². The Bertz CT molecular complexity index is 399. The molecule has 1 heterocycles. The summed E-state index contributed by atoms with van der Waals surface area (Å²) in [6.07, 6.45) is 2.67. The van der Waals surface area contributed by atoms with Crippen molar-refractivity contribution in [1.29, 1.82) is 0 Å². The number of carbonyl (C=O) groups is 1. The minimum absolute atomic E-state index is 0.0391. The number of hydrogen-bond donors (Lipinski definition) is 2. The zero-order valence-corrected chi connectivity index (χ0v) is 11.8. The smallest absolute Gasteiger partial charge is 0.245 e. The van der Waals surface area contributed by atoms with Crippen LogP contribution in [0.15, 0.2) is 6.20 Å². The molecule has 6 heteroatoms. The summed E-state index contributed by atoms with van der Waals surface area (Å²) in [6, 6.07) is -0.353. The van der Waals surface area contributed by atoms with Crippen molar-refractivity contribution in [2.75, 3.05) is 7.05 Å². The monoisotopic (exact) mass is 253 g/mol. The molecule has 0 saturated heterocycles. The molecule has 0 spiro atoms. The summed E-state index contributed by atoms with van der Waals surface area (Å²) < 4.78 is 1.59. The van der Waals surface area contributed by atoms with Gasteiger partial charge in [0.1, 0.15) is 6.04 Å². The van der Waals surface area contributed by atoms with E-state index in [-0.39, 0.29) is 17.5 Å². The molecule has 0 aromatic carbocycles. The molecule has 1 atom stereocenters. The first-order valence-corrected chi connectivity index (χ1v) is 6.27. The zero-order valence-electron chi connectivity index (χ0n) is 11.8. The molecule has 0 fully saturated rings. The van der Waals surface area contributed by atoms with Gasteiger partial charge in [0.05, 0.1) is 11.9 Å². The third-order valence-electron chi connectivity index (χ3n) is 3.04. The minimum atomic E-state index is -0.353. The van der Waals surface area contributed by atoms with Crippen molar-refractivity contribution in [3.63, 3.8) is 0 Å². The summed E-state index contributed by atoms with van der Waals surface area (Å²) in [5.74, 6) is -0.0391. The van der Waals surface area contributed by atoms with Crippen LogP contribution in [0.25, 0.3) is 0 Å². The molecule has 1 amide bonds. The SMILES string of the molecule is CCC(C)(C)NC(=O)C(C)n1cc(CNC)nn1. The number of aromatic nitrogens is 3. The van der Waals surface area contributed by atoms with Crippen molar-refractivity contribution in [3.8, 4) is 0 Å². The molecule has 2 N–H and O–H groups in total. The standard InChI is InChI=1S/C12H23N5O/c1-6-12(3,4)14-11(18)9(2)17-8-10(7-13-5)15-16-17/h8-9,13H,6-7H2,1-5H3,(H,14,18). The number of carbonyl (C=O) groups excluding carboxylic acids is 1. The van der Waals surface area contributed by atoms with Gasteiger partial charge in [0.2, 0.25) is 5.91 Å². The number of rotatable bonds is 6. The fraction of sp³-hybridized carbons (Fsp3) is 0.750. The molecular formula is C12H23N5O. The summed E-state index contributed by atoms with van der Waals surface area (Å²) >= 11 is 0. The first-order valence-electron chi connectivity index (χ1n) is 6.27. The Balaban J connectivity index is 2.68. The maximum Gasteiger partial charge on any atom is 0.245 e. The first-order chi connectivity index (χ1) is 8.39. The van der Waals surface area contributed by atoms with E-state index in [0.717, 1.165) is 12.1 Å². The third-order valence-corrected chi connectivity index (χ3v) is 3.04. The second kappa shape index (κ2) is 5.95. The fourth-order valence-electron chi connectivity index (χ4n) is 1.41. The highest BCUT2D eigenvalue weighted by Crippen LogP contribution is 2.11. The molecule has 102 valence electrons. The lowest BCUT2D eigenvalue weighted by Gasteiger charge is -2.26. The second-order valence-electron chi connectivity index (χ2n) is 5.12. The van der Waals surface area contributed by atoms with E-state index in [9.17, 15) is 4.79 Å². The van der Waals surface area contributed by atoms with E-state index < -0.39 is 0 Å². The molecule has 0 radical (unpaired) electrons. The summed E-state index contributed by atoms with van der Waals surface area (Å²) in [5, 5.41) is 14.0. The van der Waals surface area contributed by atoms with Crippen LogP contribution in [-0.2, 0) is 11.3 Å². The van der Waals surface area contributed by atoms with E-state index in [2.05, 4.69) is 20.9 Å². The van der Waals surface area contributed by atoms with Crippen molar-refractivity contribution < 1.29 is 4.79 Å². The van der Waals surface area contributed by atoms with Gasteiger partial charge in [-0.25, -0.2) is 4.68 Å². The van der Waals surface area contributed by atoms with Crippen molar-refractivity contribution in [3.05, 3.63) is 11.9 Å². The number of nitrogens with one attached hydrogen (secondary N) is 2. The Hall–Kier alpha value is -1.43. The van der Waals surface area contributed by atoms with Crippen LogP contribution >= 0.6 is 0 Å². The normalized spacial score (nSPS) is 13.4. The summed E-state index contributed by atoms with van der Waals surface area (Å²) in [4.78, 5) is 12.1. The van der Waals surface area contributed by atoms with Gasteiger partial charge in [-0.2, -0.15) is 0 Å². The number of hydrogen-bond acceptors (Lipinski definition) is 4. The van der Waals surface area contributed by atoms with Crippen LogP contribution in [0.2, 0.25) is 0 Å². The Kier molecular flexibility index (Phi) is 4.84. The maximum absolute atomic E-state index is 12.1. The average Bonchev–Trinajstić information content (AvgIpc) is 2.76. The molecule has 1 aromatic heterocycles. The first kappa shape index (κ1) is 14.6. The summed E-state index contributed by atoms with van der Waals surface area (Å²) in [7, 11) is 1.85. The zero-order chi connectivity index (χ0) is 13.8. The predicted octanol–water partition coefficient (Wildman–Crippen LogP) is 0.863. The van der Waals surface area contributed by atoms with Gasteiger partial charge in [0, 0.05) is 12.1 Å². The Morgan fingerprint density at radius 2 is 2.22 bits per heavy atom. The van der Waals surface area contributed by atoms with Gasteiger partial charge < -0.3 is 10.6 Å². The highest BCUT2D eigenvalue weighted by molar-refractivity contribution is 5.80. The van der Waals surface area contributed by atoms with E-state index in [0.29, 0.717) is 6.54 Å². The Labute approximate surface area is 108 Å². The molecule has 0 aliphatic heterocycles. The largest absolute Gasteiger partial charge is 0.349 e. The average molecular weight is 253 g/mol. The highest BCUT2D eigenvalue weighted by atomic mass is 16.2. The van der Waals surface area contributed by atoms with Gasteiger partial charge in [-0.05, 0) is 34.2 Å². The minimum Gasteiger partial charge on any atom is -0.349 e. The molecule has 18 heavy (non-hydrogen) atoms. The van der Waals surface area contributed by atoms with Gasteiger partial charge in [-0.15, -0.1) is 5.10 Å². The predicted molar refractivity (Wildman–Crippen MR) is 70.0 cm³/mol. The lowest BCUT2D eigenvalue weighted by atomic mass is 10.0. The molecule has 0 bridgehead atoms. The lowest BCUT2D eigenvalue weighted by Crippen LogP contribution is -2.45. The van der Waals surface area contributed by atoms with Crippen molar-refractivity contribution >= 4 is 5.91 Å². The van der Waals surface area contributed by atoms with Crippen LogP contribution in [0.3, 0.4) is 0 Å². The molecule has 1 rings (SSSR count). The molecule has 0 aliphatic carbocycles. The van der Waals surface area contributed by atoms with Gasteiger partial charge in [0.25, 0.3) is 0 Å². The van der Waals surface area contributed by atoms with Crippen LogP contribution in [0, 0.1) is 0 Å². The molecular weight excluding hydrogens is 230 g/mol. The van der Waals surface area contributed by atoms with E-state index in [1.807, 2.05) is 34.7 Å². The van der Waals surface area contributed by atoms with E-state index in [1.54, 1.807) is 10.9 Å². The quantitative estimate of drug-likeness (QED) is 0.789. The summed E-state index contributed by atoms with van der Waals surface area (Å²) in [6.45, 7) is 8.52.